The maximum absolute atomic E-state index is 11.6. The number of hydrogen-bond donors (Lipinski definition) is 1. The van der Waals surface area contributed by atoms with Gasteiger partial charge in [0.25, 0.3) is 5.56 Å². The summed E-state index contributed by atoms with van der Waals surface area (Å²) in [4.78, 5) is 14.4. The molecule has 0 fully saturated rings. The van der Waals surface area contributed by atoms with Crippen molar-refractivity contribution in [3.8, 4) is 11.5 Å². The van der Waals surface area contributed by atoms with Crippen LogP contribution in [-0.4, -0.2) is 4.98 Å². The lowest BCUT2D eigenvalue weighted by Gasteiger charge is -2.08. The van der Waals surface area contributed by atoms with E-state index in [4.69, 9.17) is 16.3 Å². The van der Waals surface area contributed by atoms with Crippen LogP contribution in [0.3, 0.4) is 0 Å². The summed E-state index contributed by atoms with van der Waals surface area (Å²) < 4.78 is 5.75. The minimum atomic E-state index is -0.222. The van der Waals surface area contributed by atoms with Crippen molar-refractivity contribution in [1.82, 2.24) is 4.98 Å². The van der Waals surface area contributed by atoms with E-state index < -0.39 is 0 Å². The Morgan fingerprint density at radius 3 is 2.58 bits per heavy atom. The standard InChI is InChI=1S/C15H10ClNO2/c16-10-6-7-12-13(8-10)17-15(18)9-14(12)19-11-4-2-1-3-5-11/h1-9H,(H,17,18). The number of halogens is 1. The molecular formula is C15H10ClNO2. The lowest BCUT2D eigenvalue weighted by molar-refractivity contribution is 0.487. The van der Waals surface area contributed by atoms with E-state index >= 15 is 0 Å². The number of ether oxygens (including phenoxy) is 1. The fourth-order valence-electron chi connectivity index (χ4n) is 1.90. The largest absolute Gasteiger partial charge is 0.456 e. The summed E-state index contributed by atoms with van der Waals surface area (Å²) in [6, 6.07) is 16.1. The number of benzene rings is 2. The molecule has 0 unspecified atom stereocenters. The van der Waals surface area contributed by atoms with E-state index in [0.717, 1.165) is 5.39 Å². The van der Waals surface area contributed by atoms with Crippen molar-refractivity contribution >= 4 is 22.5 Å². The Bertz CT molecular complexity index is 781. The summed E-state index contributed by atoms with van der Waals surface area (Å²) in [5.74, 6) is 1.20. The predicted octanol–water partition coefficient (Wildman–Crippen LogP) is 3.97. The monoisotopic (exact) mass is 271 g/mol. The van der Waals surface area contributed by atoms with Crippen LogP contribution in [0.4, 0.5) is 0 Å². The van der Waals surface area contributed by atoms with Gasteiger partial charge < -0.3 is 9.72 Å². The van der Waals surface area contributed by atoms with Gasteiger partial charge in [-0.15, -0.1) is 0 Å². The van der Waals surface area contributed by atoms with Gasteiger partial charge in [0.2, 0.25) is 0 Å². The van der Waals surface area contributed by atoms with Gasteiger partial charge >= 0.3 is 0 Å². The van der Waals surface area contributed by atoms with Crippen LogP contribution in [0.15, 0.2) is 59.4 Å². The van der Waals surface area contributed by atoms with Crippen molar-refractivity contribution < 1.29 is 4.74 Å². The molecule has 0 spiro atoms. The summed E-state index contributed by atoms with van der Waals surface area (Å²) in [6.45, 7) is 0. The van der Waals surface area contributed by atoms with E-state index in [1.165, 1.54) is 6.07 Å². The lowest BCUT2D eigenvalue weighted by Crippen LogP contribution is -2.04. The molecule has 0 saturated heterocycles. The Morgan fingerprint density at radius 1 is 1.00 bits per heavy atom. The minimum absolute atomic E-state index is 0.222. The number of fused-ring (bicyclic) bond motifs is 1. The number of pyridine rings is 1. The number of H-pyrrole nitrogens is 1. The maximum Gasteiger partial charge on any atom is 0.252 e. The molecule has 1 aromatic heterocycles. The van der Waals surface area contributed by atoms with E-state index in [9.17, 15) is 4.79 Å². The van der Waals surface area contributed by atoms with E-state index in [1.807, 2.05) is 36.4 Å². The van der Waals surface area contributed by atoms with Crippen LogP contribution < -0.4 is 10.3 Å². The molecule has 3 aromatic rings. The number of aromatic amines is 1. The van der Waals surface area contributed by atoms with Gasteiger partial charge in [-0.25, -0.2) is 0 Å². The molecule has 0 atom stereocenters. The lowest BCUT2D eigenvalue weighted by atomic mass is 10.2. The van der Waals surface area contributed by atoms with Crippen molar-refractivity contribution in [2.45, 2.75) is 0 Å². The summed E-state index contributed by atoms with van der Waals surface area (Å²) in [7, 11) is 0. The highest BCUT2D eigenvalue weighted by Crippen LogP contribution is 2.28. The molecule has 3 rings (SSSR count). The number of rotatable bonds is 2. The zero-order valence-electron chi connectivity index (χ0n) is 9.89. The molecular weight excluding hydrogens is 262 g/mol. The second-order valence-electron chi connectivity index (χ2n) is 4.10. The van der Waals surface area contributed by atoms with Crippen LogP contribution in [0, 0.1) is 0 Å². The van der Waals surface area contributed by atoms with Crippen molar-refractivity contribution in [2.24, 2.45) is 0 Å². The fraction of sp³-hybridized carbons (Fsp3) is 0. The molecule has 0 aliphatic carbocycles. The summed E-state index contributed by atoms with van der Waals surface area (Å²) in [5, 5.41) is 1.38. The van der Waals surface area contributed by atoms with Crippen LogP contribution in [0.25, 0.3) is 10.9 Å². The third-order valence-electron chi connectivity index (χ3n) is 2.74. The second kappa shape index (κ2) is 4.78. The van der Waals surface area contributed by atoms with Crippen LogP contribution in [0.5, 0.6) is 11.5 Å². The molecule has 3 nitrogen and oxygen atoms in total. The number of para-hydroxylation sites is 1. The summed E-state index contributed by atoms with van der Waals surface area (Å²) >= 11 is 5.92. The van der Waals surface area contributed by atoms with Gasteiger partial charge in [-0.05, 0) is 30.3 Å². The van der Waals surface area contributed by atoms with Crippen molar-refractivity contribution in [3.05, 3.63) is 70.0 Å². The van der Waals surface area contributed by atoms with Gasteiger partial charge in [-0.3, -0.25) is 4.79 Å². The normalized spacial score (nSPS) is 10.6. The number of hydrogen-bond acceptors (Lipinski definition) is 2. The molecule has 1 N–H and O–H groups in total. The molecule has 0 radical (unpaired) electrons. The molecule has 1 heterocycles. The van der Waals surface area contributed by atoms with Gasteiger partial charge in [-0.2, -0.15) is 0 Å². The molecule has 0 saturated carbocycles. The molecule has 19 heavy (non-hydrogen) atoms. The summed E-state index contributed by atoms with van der Waals surface area (Å²) in [6.07, 6.45) is 0. The Kier molecular flexibility index (Phi) is 2.97. The number of nitrogens with one attached hydrogen (secondary N) is 1. The molecule has 2 aromatic carbocycles. The Morgan fingerprint density at radius 2 is 1.79 bits per heavy atom. The Balaban J connectivity index is 2.15. The van der Waals surface area contributed by atoms with Gasteiger partial charge in [0, 0.05) is 16.5 Å². The highest BCUT2D eigenvalue weighted by atomic mass is 35.5. The van der Waals surface area contributed by atoms with Crippen LogP contribution >= 0.6 is 11.6 Å². The van der Waals surface area contributed by atoms with Gasteiger partial charge in [0.1, 0.15) is 11.5 Å². The third kappa shape index (κ3) is 2.46. The molecule has 0 amide bonds. The first-order chi connectivity index (χ1) is 9.22. The van der Waals surface area contributed by atoms with Gasteiger partial charge in [-0.1, -0.05) is 29.8 Å². The summed E-state index contributed by atoms with van der Waals surface area (Å²) in [5.41, 5.74) is 0.437. The van der Waals surface area contributed by atoms with Crippen molar-refractivity contribution in [3.63, 3.8) is 0 Å². The molecule has 4 heteroatoms. The van der Waals surface area contributed by atoms with Crippen LogP contribution in [0.1, 0.15) is 0 Å². The SMILES string of the molecule is O=c1cc(Oc2ccccc2)c2ccc(Cl)cc2[nH]1. The first-order valence-electron chi connectivity index (χ1n) is 5.78. The predicted molar refractivity (Wildman–Crippen MR) is 76.1 cm³/mol. The molecule has 0 bridgehead atoms. The topological polar surface area (TPSA) is 42.1 Å². The van der Waals surface area contributed by atoms with Gasteiger partial charge in [0.15, 0.2) is 0 Å². The third-order valence-corrected chi connectivity index (χ3v) is 2.97. The second-order valence-corrected chi connectivity index (χ2v) is 4.54. The quantitative estimate of drug-likeness (QED) is 0.766. The smallest absolute Gasteiger partial charge is 0.252 e. The Labute approximate surface area is 114 Å². The average Bonchev–Trinajstić information content (AvgIpc) is 2.39. The minimum Gasteiger partial charge on any atom is -0.456 e. The zero-order chi connectivity index (χ0) is 13.2. The number of aromatic nitrogens is 1. The van der Waals surface area contributed by atoms with Gasteiger partial charge in [0.05, 0.1) is 5.52 Å². The van der Waals surface area contributed by atoms with Crippen LogP contribution in [-0.2, 0) is 0 Å². The fourth-order valence-corrected chi connectivity index (χ4v) is 2.07. The first-order valence-corrected chi connectivity index (χ1v) is 6.16. The molecule has 0 aliphatic rings. The Hall–Kier alpha value is -2.26. The average molecular weight is 272 g/mol. The van der Waals surface area contributed by atoms with Crippen molar-refractivity contribution in [2.75, 3.05) is 0 Å². The van der Waals surface area contributed by atoms with Crippen molar-refractivity contribution in [1.29, 1.82) is 0 Å². The van der Waals surface area contributed by atoms with E-state index in [0.29, 0.717) is 22.0 Å². The molecule has 0 aliphatic heterocycles. The van der Waals surface area contributed by atoms with Crippen LogP contribution in [0.2, 0.25) is 5.02 Å². The van der Waals surface area contributed by atoms with E-state index in [-0.39, 0.29) is 5.56 Å². The highest BCUT2D eigenvalue weighted by molar-refractivity contribution is 6.31. The highest BCUT2D eigenvalue weighted by Gasteiger charge is 2.06. The van der Waals surface area contributed by atoms with E-state index in [2.05, 4.69) is 4.98 Å². The molecule has 94 valence electrons. The maximum atomic E-state index is 11.6. The first kappa shape index (κ1) is 11.8. The zero-order valence-corrected chi connectivity index (χ0v) is 10.6. The van der Waals surface area contributed by atoms with E-state index in [1.54, 1.807) is 12.1 Å².